The molecular formula is C27H22F2N4O5. The minimum Gasteiger partial charge on any atom is -0.503 e. The molecule has 4 heterocycles. The van der Waals surface area contributed by atoms with E-state index in [4.69, 9.17) is 4.74 Å². The molecule has 6 rings (SSSR count). The number of para-hydroxylation sites is 1. The van der Waals surface area contributed by atoms with Crippen LogP contribution in [0.3, 0.4) is 0 Å². The summed E-state index contributed by atoms with van der Waals surface area (Å²) in [6, 6.07) is 10.5. The number of carbonyl (C=O) groups excluding carboxylic acids is 2. The molecule has 194 valence electrons. The summed E-state index contributed by atoms with van der Waals surface area (Å²) in [5.41, 5.74) is -0.00412. The molecule has 2 aromatic heterocycles. The third-order valence-corrected chi connectivity index (χ3v) is 6.99. The number of benzene rings is 2. The predicted molar refractivity (Wildman–Crippen MR) is 131 cm³/mol. The number of H-pyrrole nitrogens is 1. The number of aromatic hydroxyl groups is 1. The highest BCUT2D eigenvalue weighted by molar-refractivity contribution is 5.99. The molecule has 0 aliphatic carbocycles. The number of nitrogens with one attached hydrogen (secondary N) is 1. The number of pyridine rings is 1. The lowest BCUT2D eigenvalue weighted by atomic mass is 10.1. The quantitative estimate of drug-likeness (QED) is 0.421. The van der Waals surface area contributed by atoms with Crippen molar-refractivity contribution in [3.8, 4) is 5.75 Å². The molecule has 2 aromatic carbocycles. The first-order valence-electron chi connectivity index (χ1n) is 12.0. The van der Waals surface area contributed by atoms with Gasteiger partial charge in [0.2, 0.25) is 5.43 Å². The summed E-state index contributed by atoms with van der Waals surface area (Å²) < 4.78 is 35.0. The van der Waals surface area contributed by atoms with Gasteiger partial charge in [-0.2, -0.15) is 0 Å². The van der Waals surface area contributed by atoms with Crippen LogP contribution in [0.25, 0.3) is 10.9 Å². The van der Waals surface area contributed by atoms with E-state index in [1.165, 1.54) is 26.6 Å². The van der Waals surface area contributed by atoms with Crippen LogP contribution in [0.4, 0.5) is 8.78 Å². The van der Waals surface area contributed by atoms with Gasteiger partial charge >= 0.3 is 0 Å². The number of aromatic nitrogens is 2. The van der Waals surface area contributed by atoms with Crippen LogP contribution in [0.5, 0.6) is 5.75 Å². The molecule has 2 aliphatic heterocycles. The molecule has 2 aliphatic rings. The van der Waals surface area contributed by atoms with Gasteiger partial charge < -0.3 is 29.2 Å². The smallest absolute Gasteiger partial charge is 0.276 e. The Hall–Kier alpha value is -4.51. The summed E-state index contributed by atoms with van der Waals surface area (Å²) in [5, 5.41) is 11.5. The third kappa shape index (κ3) is 3.91. The molecule has 1 saturated heterocycles. The van der Waals surface area contributed by atoms with Crippen LogP contribution in [-0.2, 0) is 24.4 Å². The van der Waals surface area contributed by atoms with Crippen LogP contribution in [0.1, 0.15) is 32.0 Å². The van der Waals surface area contributed by atoms with Crippen molar-refractivity contribution in [1.29, 1.82) is 0 Å². The molecule has 0 spiro atoms. The number of nitrogens with zero attached hydrogens (tertiary/aromatic N) is 3. The largest absolute Gasteiger partial charge is 0.503 e. The number of aromatic amines is 1. The van der Waals surface area contributed by atoms with E-state index in [0.717, 1.165) is 23.0 Å². The normalized spacial score (nSPS) is 16.5. The van der Waals surface area contributed by atoms with Crippen molar-refractivity contribution >= 4 is 22.7 Å². The van der Waals surface area contributed by atoms with Gasteiger partial charge in [-0.15, -0.1) is 0 Å². The van der Waals surface area contributed by atoms with Crippen molar-refractivity contribution in [3.05, 3.63) is 99.1 Å². The van der Waals surface area contributed by atoms with Gasteiger partial charge in [0, 0.05) is 54.6 Å². The molecule has 38 heavy (non-hydrogen) atoms. The number of hydrogen-bond donors (Lipinski definition) is 2. The van der Waals surface area contributed by atoms with E-state index in [2.05, 4.69) is 4.98 Å². The van der Waals surface area contributed by atoms with Crippen LogP contribution in [-0.4, -0.2) is 55.7 Å². The third-order valence-electron chi connectivity index (χ3n) is 6.99. The fraction of sp³-hybridized carbons (Fsp3) is 0.222. The monoisotopic (exact) mass is 520 g/mol. The minimum absolute atomic E-state index is 0.0138. The molecule has 9 nitrogen and oxygen atoms in total. The average molecular weight is 520 g/mol. The zero-order valence-corrected chi connectivity index (χ0v) is 20.0. The molecule has 2 N–H and O–H groups in total. The van der Waals surface area contributed by atoms with E-state index >= 15 is 0 Å². The van der Waals surface area contributed by atoms with Crippen molar-refractivity contribution in [2.75, 3.05) is 13.2 Å². The van der Waals surface area contributed by atoms with Gasteiger partial charge in [-0.1, -0.05) is 24.3 Å². The van der Waals surface area contributed by atoms with Crippen molar-refractivity contribution in [2.24, 2.45) is 0 Å². The first-order valence-corrected chi connectivity index (χ1v) is 12.0. The van der Waals surface area contributed by atoms with Gasteiger partial charge in [-0.05, 0) is 17.7 Å². The van der Waals surface area contributed by atoms with Crippen molar-refractivity contribution in [3.63, 3.8) is 0 Å². The van der Waals surface area contributed by atoms with E-state index < -0.39 is 40.9 Å². The summed E-state index contributed by atoms with van der Waals surface area (Å²) in [4.78, 5) is 45.7. The average Bonchev–Trinajstić information content (AvgIpc) is 3.54. The highest BCUT2D eigenvalue weighted by atomic mass is 19.1. The van der Waals surface area contributed by atoms with E-state index in [-0.39, 0.29) is 36.5 Å². The second-order valence-corrected chi connectivity index (χ2v) is 9.30. The molecule has 11 heteroatoms. The summed E-state index contributed by atoms with van der Waals surface area (Å²) in [5.74, 6) is -3.76. The van der Waals surface area contributed by atoms with Crippen LogP contribution in [0, 0.1) is 11.6 Å². The lowest BCUT2D eigenvalue weighted by molar-refractivity contribution is 0.00840. The molecular weight excluding hydrogens is 498 g/mol. The van der Waals surface area contributed by atoms with E-state index in [9.17, 15) is 28.3 Å². The van der Waals surface area contributed by atoms with Gasteiger partial charge in [0.15, 0.2) is 17.7 Å². The Kier molecular flexibility index (Phi) is 5.72. The Morgan fingerprint density at radius 1 is 1.13 bits per heavy atom. The second-order valence-electron chi connectivity index (χ2n) is 9.30. The summed E-state index contributed by atoms with van der Waals surface area (Å²) in [6.45, 7) is 0.498. The number of fused-ring (bicyclic) bond motifs is 3. The topological polar surface area (TPSA) is 108 Å². The highest BCUT2D eigenvalue weighted by Gasteiger charge is 2.39. The zero-order valence-electron chi connectivity index (χ0n) is 20.0. The Balaban J connectivity index is 1.42. The van der Waals surface area contributed by atoms with Crippen LogP contribution in [0.15, 0.2) is 59.7 Å². The molecule has 1 fully saturated rings. The Morgan fingerprint density at radius 2 is 1.92 bits per heavy atom. The number of halogens is 2. The number of amides is 2. The maximum atomic E-state index is 14.6. The Labute approximate surface area is 214 Å². The SMILES string of the molecule is O=C(c1cn2c(c(O)c1=O)C(=O)N1CCO[C@@H]1C2)N(Cc1ccc(F)cc1F)Cc1c[nH]c2ccccc12. The predicted octanol–water partition coefficient (Wildman–Crippen LogP) is 2.97. The van der Waals surface area contributed by atoms with E-state index in [1.54, 1.807) is 6.20 Å². The van der Waals surface area contributed by atoms with Crippen LogP contribution >= 0.6 is 0 Å². The van der Waals surface area contributed by atoms with Gasteiger partial charge in [0.25, 0.3) is 11.8 Å². The fourth-order valence-corrected chi connectivity index (χ4v) is 5.07. The molecule has 4 aromatic rings. The summed E-state index contributed by atoms with van der Waals surface area (Å²) in [7, 11) is 0. The van der Waals surface area contributed by atoms with Crippen LogP contribution < -0.4 is 5.43 Å². The van der Waals surface area contributed by atoms with Crippen molar-refractivity contribution in [2.45, 2.75) is 25.9 Å². The van der Waals surface area contributed by atoms with Crippen LogP contribution in [0.2, 0.25) is 0 Å². The molecule has 1 atom stereocenters. The zero-order chi connectivity index (χ0) is 26.6. The van der Waals surface area contributed by atoms with Crippen molar-refractivity contribution < 1.29 is 28.2 Å². The summed E-state index contributed by atoms with van der Waals surface area (Å²) >= 11 is 0. The lowest BCUT2D eigenvalue weighted by Crippen LogP contribution is -2.46. The fourth-order valence-electron chi connectivity index (χ4n) is 5.07. The van der Waals surface area contributed by atoms with Gasteiger partial charge in [-0.3, -0.25) is 14.4 Å². The molecule has 0 bridgehead atoms. The standard InChI is InChI=1S/C27H22F2N4O5/c28-17-6-5-15(20(29)9-17)11-32(12-16-10-30-21-4-2-1-3-18(16)21)26(36)19-13-31-14-22-33(7-8-38-22)27(37)23(31)25(35)24(19)34/h1-6,9-10,13,22,30,35H,7-8,11-12,14H2/t22-/m1/s1. The van der Waals surface area contributed by atoms with Crippen molar-refractivity contribution in [1.82, 2.24) is 19.4 Å². The molecule has 0 radical (unpaired) electrons. The van der Waals surface area contributed by atoms with E-state index in [1.807, 2.05) is 24.3 Å². The number of rotatable bonds is 5. The Morgan fingerprint density at radius 3 is 2.74 bits per heavy atom. The minimum atomic E-state index is -1.00. The molecule has 0 unspecified atom stereocenters. The first-order chi connectivity index (χ1) is 18.3. The number of carbonyl (C=O) groups is 2. The van der Waals surface area contributed by atoms with Gasteiger partial charge in [-0.25, -0.2) is 8.78 Å². The number of hydrogen-bond acceptors (Lipinski definition) is 5. The number of ether oxygens (including phenoxy) is 1. The maximum absolute atomic E-state index is 14.6. The molecule has 2 amide bonds. The lowest BCUT2D eigenvalue weighted by Gasteiger charge is -2.32. The second kappa shape index (κ2) is 9.10. The van der Waals surface area contributed by atoms with Gasteiger partial charge in [0.05, 0.1) is 13.2 Å². The van der Waals surface area contributed by atoms with Gasteiger partial charge in [0.1, 0.15) is 17.2 Å². The summed E-state index contributed by atoms with van der Waals surface area (Å²) in [6.07, 6.45) is 2.38. The first kappa shape index (κ1) is 23.9. The Bertz CT molecular complexity index is 1660. The highest BCUT2D eigenvalue weighted by Crippen LogP contribution is 2.28. The molecule has 0 saturated carbocycles. The van der Waals surface area contributed by atoms with E-state index in [0.29, 0.717) is 18.7 Å². The maximum Gasteiger partial charge on any atom is 0.276 e.